The standard InChI is InChI=1S/C16H21ClN2O2S.ClH/c1-22(21)10-11-8-12(2-3-14(11)17)19-15(20)13-9-16(13)4-6-18-7-5-16;/h2-3,8,13,18H,4-7,9-10H2,1H3,(H,19,20);1H. The van der Waals surface area contributed by atoms with Crippen molar-refractivity contribution in [1.29, 1.82) is 0 Å². The van der Waals surface area contributed by atoms with Gasteiger partial charge < -0.3 is 10.6 Å². The lowest BCUT2D eigenvalue weighted by Crippen LogP contribution is -2.31. The van der Waals surface area contributed by atoms with Crippen LogP contribution in [0.2, 0.25) is 5.02 Å². The van der Waals surface area contributed by atoms with Crippen molar-refractivity contribution in [2.75, 3.05) is 24.7 Å². The fraction of sp³-hybridized carbons (Fsp3) is 0.562. The van der Waals surface area contributed by atoms with Crippen LogP contribution in [0.4, 0.5) is 5.69 Å². The summed E-state index contributed by atoms with van der Waals surface area (Å²) in [5.74, 6) is 0.642. The van der Waals surface area contributed by atoms with Gasteiger partial charge >= 0.3 is 0 Å². The minimum atomic E-state index is -0.957. The maximum absolute atomic E-state index is 12.4. The predicted molar refractivity (Wildman–Crippen MR) is 97.7 cm³/mol. The predicted octanol–water partition coefficient (Wildman–Crippen LogP) is 2.97. The van der Waals surface area contributed by atoms with E-state index in [1.54, 1.807) is 18.4 Å². The summed E-state index contributed by atoms with van der Waals surface area (Å²) in [7, 11) is -0.957. The van der Waals surface area contributed by atoms with Crippen molar-refractivity contribution in [3.63, 3.8) is 0 Å². The van der Waals surface area contributed by atoms with Crippen molar-refractivity contribution in [2.45, 2.75) is 25.0 Å². The molecule has 1 aliphatic heterocycles. The number of hydrogen-bond acceptors (Lipinski definition) is 3. The Morgan fingerprint density at radius 1 is 1.43 bits per heavy atom. The molecular weight excluding hydrogens is 355 g/mol. The lowest BCUT2D eigenvalue weighted by molar-refractivity contribution is -0.118. The molecule has 1 amide bonds. The second-order valence-electron chi connectivity index (χ2n) is 6.38. The molecule has 128 valence electrons. The quantitative estimate of drug-likeness (QED) is 0.848. The molecule has 3 rings (SSSR count). The van der Waals surface area contributed by atoms with Crippen LogP contribution in [-0.4, -0.2) is 29.5 Å². The highest BCUT2D eigenvalue weighted by atomic mass is 35.5. The molecule has 1 spiro atoms. The lowest BCUT2D eigenvalue weighted by atomic mass is 9.92. The van der Waals surface area contributed by atoms with Crippen molar-refractivity contribution in [2.24, 2.45) is 11.3 Å². The first-order valence-corrected chi connectivity index (χ1v) is 9.71. The fourth-order valence-corrected chi connectivity index (χ4v) is 4.35. The molecule has 0 aromatic heterocycles. The first-order valence-electron chi connectivity index (χ1n) is 7.60. The van der Waals surface area contributed by atoms with Gasteiger partial charge in [-0.1, -0.05) is 11.6 Å². The summed E-state index contributed by atoms with van der Waals surface area (Å²) >= 11 is 6.11. The Morgan fingerprint density at radius 2 is 2.13 bits per heavy atom. The van der Waals surface area contributed by atoms with Crippen molar-refractivity contribution >= 4 is 46.4 Å². The van der Waals surface area contributed by atoms with Crippen molar-refractivity contribution in [3.8, 4) is 0 Å². The van der Waals surface area contributed by atoms with Gasteiger partial charge in [0.2, 0.25) is 5.91 Å². The SMILES string of the molecule is CS(=O)Cc1cc(NC(=O)C2CC23CCNCC3)ccc1Cl.Cl. The van der Waals surface area contributed by atoms with Crippen LogP contribution in [0.15, 0.2) is 18.2 Å². The Morgan fingerprint density at radius 3 is 2.78 bits per heavy atom. The second kappa shape index (κ2) is 7.51. The Bertz CT molecular complexity index is 618. The number of amides is 1. The zero-order valence-corrected chi connectivity index (χ0v) is 15.5. The van der Waals surface area contributed by atoms with Crippen LogP contribution in [-0.2, 0) is 21.3 Å². The first kappa shape index (κ1) is 18.7. The third-order valence-electron chi connectivity index (χ3n) is 4.78. The van der Waals surface area contributed by atoms with E-state index in [1.807, 2.05) is 6.07 Å². The minimum Gasteiger partial charge on any atom is -0.326 e. The highest BCUT2D eigenvalue weighted by Gasteiger charge is 2.57. The third-order valence-corrected chi connectivity index (χ3v) is 5.86. The van der Waals surface area contributed by atoms with Gasteiger partial charge in [-0.2, -0.15) is 0 Å². The number of halogens is 2. The van der Waals surface area contributed by atoms with Gasteiger partial charge in [-0.25, -0.2) is 0 Å². The summed E-state index contributed by atoms with van der Waals surface area (Å²) in [4.78, 5) is 12.4. The molecule has 2 unspecified atom stereocenters. The molecule has 1 aliphatic carbocycles. The highest BCUT2D eigenvalue weighted by Crippen LogP contribution is 2.58. The molecule has 0 bridgehead atoms. The molecule has 1 aromatic carbocycles. The summed E-state index contributed by atoms with van der Waals surface area (Å²) in [6.45, 7) is 2.02. The molecular formula is C16H22Cl2N2O2S. The number of nitrogens with one attached hydrogen (secondary N) is 2. The molecule has 2 aliphatic rings. The Kier molecular flexibility index (Phi) is 6.11. The summed E-state index contributed by atoms with van der Waals surface area (Å²) in [6.07, 6.45) is 4.82. The van der Waals surface area contributed by atoms with Gasteiger partial charge in [0, 0.05) is 39.4 Å². The molecule has 2 atom stereocenters. The van der Waals surface area contributed by atoms with Crippen molar-refractivity contribution in [1.82, 2.24) is 5.32 Å². The Labute approximate surface area is 150 Å². The zero-order valence-electron chi connectivity index (χ0n) is 13.1. The first-order chi connectivity index (χ1) is 10.5. The van der Waals surface area contributed by atoms with Crippen LogP contribution in [0.1, 0.15) is 24.8 Å². The van der Waals surface area contributed by atoms with Gasteiger partial charge in [-0.05, 0) is 61.5 Å². The minimum absolute atomic E-state index is 0. The van der Waals surface area contributed by atoms with Gasteiger partial charge in [0.1, 0.15) is 0 Å². The summed E-state index contributed by atoms with van der Waals surface area (Å²) in [5.41, 5.74) is 1.79. The largest absolute Gasteiger partial charge is 0.326 e. The highest BCUT2D eigenvalue weighted by molar-refractivity contribution is 7.83. The van der Waals surface area contributed by atoms with Gasteiger partial charge in [-0.3, -0.25) is 9.00 Å². The zero-order chi connectivity index (χ0) is 15.7. The van der Waals surface area contributed by atoms with Crippen LogP contribution in [0, 0.1) is 11.3 Å². The van der Waals surface area contributed by atoms with Crippen LogP contribution in [0.25, 0.3) is 0 Å². The van der Waals surface area contributed by atoms with Crippen molar-refractivity contribution in [3.05, 3.63) is 28.8 Å². The Balaban J connectivity index is 0.00000192. The van der Waals surface area contributed by atoms with E-state index >= 15 is 0 Å². The fourth-order valence-electron chi connectivity index (χ4n) is 3.41. The molecule has 4 nitrogen and oxygen atoms in total. The smallest absolute Gasteiger partial charge is 0.228 e. The van der Waals surface area contributed by atoms with E-state index in [9.17, 15) is 9.00 Å². The van der Waals surface area contributed by atoms with Crippen molar-refractivity contribution < 1.29 is 9.00 Å². The van der Waals surface area contributed by atoms with Gasteiger partial charge in [0.25, 0.3) is 0 Å². The van der Waals surface area contributed by atoms with E-state index in [0.29, 0.717) is 10.8 Å². The second-order valence-corrected chi connectivity index (χ2v) is 8.22. The molecule has 1 saturated heterocycles. The number of carbonyl (C=O) groups excluding carboxylic acids is 1. The summed E-state index contributed by atoms with van der Waals surface area (Å²) in [5, 5.41) is 6.94. The van der Waals surface area contributed by atoms with E-state index < -0.39 is 10.8 Å². The molecule has 0 radical (unpaired) electrons. The van der Waals surface area contributed by atoms with Crippen LogP contribution in [0.5, 0.6) is 0 Å². The normalized spacial score (nSPS) is 23.0. The van der Waals surface area contributed by atoms with E-state index in [4.69, 9.17) is 11.6 Å². The van der Waals surface area contributed by atoms with Gasteiger partial charge in [0.15, 0.2) is 0 Å². The average molecular weight is 377 g/mol. The average Bonchev–Trinajstić information content (AvgIpc) is 3.16. The number of benzene rings is 1. The van der Waals surface area contributed by atoms with E-state index in [1.165, 1.54) is 0 Å². The summed E-state index contributed by atoms with van der Waals surface area (Å²) < 4.78 is 11.4. The number of anilines is 1. The van der Waals surface area contributed by atoms with E-state index in [-0.39, 0.29) is 29.6 Å². The van der Waals surface area contributed by atoms with Gasteiger partial charge in [-0.15, -0.1) is 12.4 Å². The molecule has 23 heavy (non-hydrogen) atoms. The van der Waals surface area contributed by atoms with Crippen LogP contribution < -0.4 is 10.6 Å². The maximum atomic E-state index is 12.4. The number of hydrogen-bond donors (Lipinski definition) is 2. The topological polar surface area (TPSA) is 58.2 Å². The maximum Gasteiger partial charge on any atom is 0.228 e. The lowest BCUT2D eigenvalue weighted by Gasteiger charge is -2.23. The monoisotopic (exact) mass is 376 g/mol. The molecule has 7 heteroatoms. The van der Waals surface area contributed by atoms with E-state index in [0.717, 1.165) is 43.6 Å². The van der Waals surface area contributed by atoms with Crippen LogP contribution >= 0.6 is 24.0 Å². The Hall–Kier alpha value is -0.620. The number of carbonyl (C=O) groups is 1. The third kappa shape index (κ3) is 4.27. The molecule has 1 aromatic rings. The van der Waals surface area contributed by atoms with Crippen LogP contribution in [0.3, 0.4) is 0 Å². The summed E-state index contributed by atoms with van der Waals surface area (Å²) in [6, 6.07) is 5.39. The molecule has 1 saturated carbocycles. The van der Waals surface area contributed by atoms with Gasteiger partial charge in [0.05, 0.1) is 0 Å². The van der Waals surface area contributed by atoms with E-state index in [2.05, 4.69) is 10.6 Å². The molecule has 2 N–H and O–H groups in total. The number of rotatable bonds is 4. The number of piperidine rings is 1. The molecule has 1 heterocycles. The molecule has 2 fully saturated rings.